The number of hydrogen-bond donors (Lipinski definition) is 2. The highest BCUT2D eigenvalue weighted by Crippen LogP contribution is 2.26. The smallest absolute Gasteiger partial charge is 0.409 e. The minimum Gasteiger partial charge on any atom is -0.453 e. The fraction of sp³-hybridized carbons (Fsp3) is 0.941. The maximum Gasteiger partial charge on any atom is 0.409 e. The zero-order chi connectivity index (χ0) is 15.9. The van der Waals surface area contributed by atoms with Crippen LogP contribution < -0.4 is 5.32 Å². The molecule has 0 radical (unpaired) electrons. The molecule has 2 fully saturated rings. The Hall–Kier alpha value is -0.810. The number of rotatable bonds is 5. The van der Waals surface area contributed by atoms with Gasteiger partial charge in [-0.15, -0.1) is 0 Å². The number of aliphatic hydroxyl groups is 1. The van der Waals surface area contributed by atoms with Crippen molar-refractivity contribution in [1.82, 2.24) is 10.2 Å². The molecule has 0 spiro atoms. The number of carbonyl (C=O) groups is 1. The highest BCUT2D eigenvalue weighted by molar-refractivity contribution is 5.67. The summed E-state index contributed by atoms with van der Waals surface area (Å²) in [4.78, 5) is 13.3. The molecule has 0 aromatic rings. The average molecular weight is 312 g/mol. The summed E-state index contributed by atoms with van der Waals surface area (Å²) in [6.45, 7) is 4.44. The summed E-state index contributed by atoms with van der Waals surface area (Å²) in [5, 5.41) is 13.9. The lowest BCUT2D eigenvalue weighted by Gasteiger charge is -2.35. The summed E-state index contributed by atoms with van der Waals surface area (Å²) in [5.74, 6) is 1.05. The molecule has 0 aromatic carbocycles. The second kappa shape index (κ2) is 8.73. The van der Waals surface area contributed by atoms with Crippen molar-refractivity contribution in [1.29, 1.82) is 0 Å². The Morgan fingerprint density at radius 3 is 2.41 bits per heavy atom. The first-order valence-electron chi connectivity index (χ1n) is 8.86. The molecule has 128 valence electrons. The van der Waals surface area contributed by atoms with Crippen LogP contribution in [0.4, 0.5) is 4.79 Å². The number of aliphatic hydroxyl groups excluding tert-OH is 1. The maximum absolute atomic E-state index is 11.5. The number of amides is 1. The standard InChI is InChI=1S/C17H32N2O3/c1-13(14-8-10-19(11-9-14)17(21)22-2)18-12-16(20)15-6-4-3-5-7-15/h13-16,18,20H,3-12H2,1-2H3. The predicted octanol–water partition coefficient (Wildman–Crippen LogP) is 2.38. The largest absolute Gasteiger partial charge is 0.453 e. The molecule has 5 heteroatoms. The second-order valence-electron chi connectivity index (χ2n) is 6.96. The number of hydrogen-bond acceptors (Lipinski definition) is 4. The third-order valence-corrected chi connectivity index (χ3v) is 5.52. The van der Waals surface area contributed by atoms with E-state index < -0.39 is 0 Å². The van der Waals surface area contributed by atoms with Crippen LogP contribution in [0.1, 0.15) is 51.9 Å². The van der Waals surface area contributed by atoms with E-state index in [2.05, 4.69) is 12.2 Å². The van der Waals surface area contributed by atoms with Crippen molar-refractivity contribution in [2.24, 2.45) is 11.8 Å². The molecule has 1 amide bonds. The van der Waals surface area contributed by atoms with Crippen molar-refractivity contribution in [3.05, 3.63) is 0 Å². The molecule has 2 atom stereocenters. The molecule has 2 unspecified atom stereocenters. The number of methoxy groups -OCH3 is 1. The molecule has 1 saturated heterocycles. The summed E-state index contributed by atoms with van der Waals surface area (Å²) >= 11 is 0. The van der Waals surface area contributed by atoms with Crippen molar-refractivity contribution < 1.29 is 14.6 Å². The fourth-order valence-electron chi connectivity index (χ4n) is 3.87. The SMILES string of the molecule is COC(=O)N1CCC(C(C)NCC(O)C2CCCCC2)CC1. The molecule has 1 aliphatic heterocycles. The van der Waals surface area contributed by atoms with Gasteiger partial charge in [0.2, 0.25) is 0 Å². The van der Waals surface area contributed by atoms with Gasteiger partial charge in [0.25, 0.3) is 0 Å². The summed E-state index contributed by atoms with van der Waals surface area (Å²) in [7, 11) is 1.44. The van der Waals surface area contributed by atoms with Crippen LogP contribution in [-0.2, 0) is 4.74 Å². The van der Waals surface area contributed by atoms with Gasteiger partial charge in [0, 0.05) is 25.7 Å². The zero-order valence-corrected chi connectivity index (χ0v) is 14.1. The van der Waals surface area contributed by atoms with Gasteiger partial charge in [0.1, 0.15) is 0 Å². The monoisotopic (exact) mass is 312 g/mol. The first kappa shape index (κ1) is 17.5. The molecule has 2 N–H and O–H groups in total. The first-order chi connectivity index (χ1) is 10.6. The number of carbonyl (C=O) groups excluding carboxylic acids is 1. The van der Waals surface area contributed by atoms with E-state index in [4.69, 9.17) is 4.74 Å². The van der Waals surface area contributed by atoms with Crippen LogP contribution in [0.5, 0.6) is 0 Å². The molecule has 1 saturated carbocycles. The molecule has 22 heavy (non-hydrogen) atoms. The van der Waals surface area contributed by atoms with Gasteiger partial charge in [0.15, 0.2) is 0 Å². The minimum atomic E-state index is -0.216. The van der Waals surface area contributed by atoms with Crippen molar-refractivity contribution in [2.45, 2.75) is 64.0 Å². The fourth-order valence-corrected chi connectivity index (χ4v) is 3.87. The Morgan fingerprint density at radius 2 is 1.82 bits per heavy atom. The maximum atomic E-state index is 11.5. The van der Waals surface area contributed by atoms with E-state index >= 15 is 0 Å². The quantitative estimate of drug-likeness (QED) is 0.818. The number of likely N-dealkylation sites (tertiary alicyclic amines) is 1. The van der Waals surface area contributed by atoms with Gasteiger partial charge in [0.05, 0.1) is 13.2 Å². The summed E-state index contributed by atoms with van der Waals surface area (Å²) < 4.78 is 4.77. The Morgan fingerprint density at radius 1 is 1.18 bits per heavy atom. The van der Waals surface area contributed by atoms with Crippen molar-refractivity contribution >= 4 is 6.09 Å². The number of nitrogens with zero attached hydrogens (tertiary/aromatic N) is 1. The van der Waals surface area contributed by atoms with E-state index in [1.165, 1.54) is 39.2 Å². The van der Waals surface area contributed by atoms with Gasteiger partial charge in [-0.2, -0.15) is 0 Å². The molecule has 2 rings (SSSR count). The lowest BCUT2D eigenvalue weighted by Crippen LogP contribution is -2.46. The van der Waals surface area contributed by atoms with Gasteiger partial charge in [-0.1, -0.05) is 19.3 Å². The molecule has 0 aromatic heterocycles. The molecule has 5 nitrogen and oxygen atoms in total. The molecule has 1 heterocycles. The van der Waals surface area contributed by atoms with Crippen molar-refractivity contribution in [3.8, 4) is 0 Å². The van der Waals surface area contributed by atoms with Crippen LogP contribution in [0.25, 0.3) is 0 Å². The zero-order valence-electron chi connectivity index (χ0n) is 14.1. The van der Waals surface area contributed by atoms with Crippen LogP contribution in [-0.4, -0.2) is 55.0 Å². The number of nitrogens with one attached hydrogen (secondary N) is 1. The van der Waals surface area contributed by atoms with Crippen LogP contribution in [0.15, 0.2) is 0 Å². The summed E-state index contributed by atoms with van der Waals surface area (Å²) in [5.41, 5.74) is 0. The topological polar surface area (TPSA) is 61.8 Å². The van der Waals surface area contributed by atoms with Crippen LogP contribution in [0.3, 0.4) is 0 Å². The van der Waals surface area contributed by atoms with Gasteiger partial charge >= 0.3 is 6.09 Å². The van der Waals surface area contributed by atoms with Crippen LogP contribution in [0, 0.1) is 11.8 Å². The average Bonchev–Trinajstić information content (AvgIpc) is 2.59. The first-order valence-corrected chi connectivity index (χ1v) is 8.86. The Bertz CT molecular complexity index is 337. The Balaban J connectivity index is 1.67. The molecule has 2 aliphatic rings. The van der Waals surface area contributed by atoms with Crippen LogP contribution in [0.2, 0.25) is 0 Å². The second-order valence-corrected chi connectivity index (χ2v) is 6.96. The lowest BCUT2D eigenvalue weighted by molar-refractivity contribution is 0.0747. The molecular weight excluding hydrogens is 280 g/mol. The Kier molecular flexibility index (Phi) is 6.96. The third-order valence-electron chi connectivity index (χ3n) is 5.52. The lowest BCUT2D eigenvalue weighted by atomic mass is 9.85. The van der Waals surface area contributed by atoms with Gasteiger partial charge in [-0.3, -0.25) is 0 Å². The van der Waals surface area contributed by atoms with E-state index in [1.54, 1.807) is 4.90 Å². The van der Waals surface area contributed by atoms with E-state index in [9.17, 15) is 9.90 Å². The highest BCUT2D eigenvalue weighted by Gasteiger charge is 2.28. The van der Waals surface area contributed by atoms with E-state index in [-0.39, 0.29) is 12.2 Å². The van der Waals surface area contributed by atoms with Gasteiger partial charge < -0.3 is 20.1 Å². The van der Waals surface area contributed by atoms with E-state index in [0.717, 1.165) is 25.9 Å². The predicted molar refractivity (Wildman–Crippen MR) is 86.7 cm³/mol. The van der Waals surface area contributed by atoms with Gasteiger partial charge in [-0.25, -0.2) is 4.79 Å². The van der Waals surface area contributed by atoms with Crippen molar-refractivity contribution in [3.63, 3.8) is 0 Å². The number of ether oxygens (including phenoxy) is 1. The van der Waals surface area contributed by atoms with E-state index in [0.29, 0.717) is 24.4 Å². The molecular formula is C17H32N2O3. The normalized spacial score (nSPS) is 24.0. The summed E-state index contributed by atoms with van der Waals surface area (Å²) in [6.07, 6.45) is 7.79. The van der Waals surface area contributed by atoms with E-state index in [1.807, 2.05) is 0 Å². The van der Waals surface area contributed by atoms with Crippen LogP contribution >= 0.6 is 0 Å². The minimum absolute atomic E-state index is 0.210. The molecule has 1 aliphatic carbocycles. The third kappa shape index (κ3) is 4.85. The number of piperidine rings is 1. The Labute approximate surface area is 134 Å². The summed E-state index contributed by atoms with van der Waals surface area (Å²) in [6, 6.07) is 0.387. The highest BCUT2D eigenvalue weighted by atomic mass is 16.5. The van der Waals surface area contributed by atoms with Crippen molar-refractivity contribution in [2.75, 3.05) is 26.7 Å². The molecule has 0 bridgehead atoms. The van der Waals surface area contributed by atoms with Gasteiger partial charge in [-0.05, 0) is 44.4 Å².